The number of imidazole rings is 1. The Morgan fingerprint density at radius 2 is 1.73 bits per heavy atom. The fourth-order valence-electron chi connectivity index (χ4n) is 4.49. The molecule has 0 spiro atoms. The van der Waals surface area contributed by atoms with Crippen LogP contribution in [0, 0.1) is 5.92 Å². The molecule has 7 nitrogen and oxygen atoms in total. The summed E-state index contributed by atoms with van der Waals surface area (Å²) in [5.41, 5.74) is 1.92. The molecule has 1 aliphatic carbocycles. The van der Waals surface area contributed by atoms with Gasteiger partial charge >= 0.3 is 6.03 Å². The number of nitrogens with zero attached hydrogens (tertiary/aromatic N) is 3. The molecular formula is C23H31N5O2. The zero-order valence-corrected chi connectivity index (χ0v) is 17.4. The molecule has 2 heterocycles. The van der Waals surface area contributed by atoms with Gasteiger partial charge in [-0.1, -0.05) is 31.4 Å². The van der Waals surface area contributed by atoms with Crippen molar-refractivity contribution in [1.29, 1.82) is 0 Å². The summed E-state index contributed by atoms with van der Waals surface area (Å²) in [6, 6.07) is 7.76. The van der Waals surface area contributed by atoms with Crippen molar-refractivity contribution in [3.63, 3.8) is 0 Å². The SMILES string of the molecule is O=C(Nc1ccc(Cn2ccnc2)cc1)NC1CCN(C(=O)C2CCCCC2)CC1. The Bertz CT molecular complexity index is 820. The maximum absolute atomic E-state index is 12.7. The largest absolute Gasteiger partial charge is 0.342 e. The molecule has 1 aromatic heterocycles. The van der Waals surface area contributed by atoms with Crippen molar-refractivity contribution in [3.05, 3.63) is 48.5 Å². The first-order valence-corrected chi connectivity index (χ1v) is 11.1. The molecule has 1 saturated heterocycles. The summed E-state index contributed by atoms with van der Waals surface area (Å²) in [4.78, 5) is 31.1. The number of hydrogen-bond donors (Lipinski definition) is 2. The van der Waals surface area contributed by atoms with Crippen LogP contribution in [0.3, 0.4) is 0 Å². The molecule has 2 fully saturated rings. The molecule has 30 heavy (non-hydrogen) atoms. The van der Waals surface area contributed by atoms with E-state index in [0.717, 1.165) is 56.6 Å². The third-order valence-corrected chi connectivity index (χ3v) is 6.23. The topological polar surface area (TPSA) is 79.3 Å². The lowest BCUT2D eigenvalue weighted by molar-refractivity contribution is -0.137. The standard InChI is InChI=1S/C23H31N5O2/c29-22(19-4-2-1-3-5-19)28-13-10-21(11-14-28)26-23(30)25-20-8-6-18(7-9-20)16-27-15-12-24-17-27/h6-9,12,15,17,19,21H,1-5,10-11,13-14,16H2,(H2,25,26,30). The van der Waals surface area contributed by atoms with Crippen LogP contribution in [0.15, 0.2) is 43.0 Å². The lowest BCUT2D eigenvalue weighted by atomic mass is 9.87. The first-order valence-electron chi connectivity index (χ1n) is 11.1. The Morgan fingerprint density at radius 3 is 2.40 bits per heavy atom. The average Bonchev–Trinajstić information content (AvgIpc) is 3.29. The fraction of sp³-hybridized carbons (Fsp3) is 0.522. The Kier molecular flexibility index (Phi) is 6.67. The highest BCUT2D eigenvalue weighted by Gasteiger charge is 2.29. The van der Waals surface area contributed by atoms with Crippen molar-refractivity contribution < 1.29 is 9.59 Å². The molecule has 0 unspecified atom stereocenters. The van der Waals surface area contributed by atoms with Crippen LogP contribution in [-0.4, -0.2) is 45.5 Å². The number of urea groups is 1. The summed E-state index contributed by atoms with van der Waals surface area (Å²) in [5.74, 6) is 0.552. The predicted octanol–water partition coefficient (Wildman–Crippen LogP) is 3.62. The predicted molar refractivity (Wildman–Crippen MR) is 116 cm³/mol. The number of amides is 3. The van der Waals surface area contributed by atoms with Gasteiger partial charge in [0.15, 0.2) is 0 Å². The van der Waals surface area contributed by atoms with E-state index in [2.05, 4.69) is 15.6 Å². The van der Waals surface area contributed by atoms with E-state index in [1.54, 1.807) is 12.5 Å². The van der Waals surface area contributed by atoms with Crippen LogP contribution < -0.4 is 10.6 Å². The third kappa shape index (κ3) is 5.40. The monoisotopic (exact) mass is 409 g/mol. The van der Waals surface area contributed by atoms with Gasteiger partial charge in [-0.15, -0.1) is 0 Å². The van der Waals surface area contributed by atoms with Crippen molar-refractivity contribution in [2.75, 3.05) is 18.4 Å². The van der Waals surface area contributed by atoms with Gasteiger partial charge in [-0.05, 0) is 43.4 Å². The van der Waals surface area contributed by atoms with Crippen molar-refractivity contribution in [3.8, 4) is 0 Å². The highest BCUT2D eigenvalue weighted by atomic mass is 16.2. The summed E-state index contributed by atoms with van der Waals surface area (Å²) in [6.45, 7) is 2.23. The number of piperidine rings is 1. The number of carbonyl (C=O) groups excluding carboxylic acids is 2. The summed E-state index contributed by atoms with van der Waals surface area (Å²) in [5, 5.41) is 5.97. The lowest BCUT2D eigenvalue weighted by Crippen LogP contribution is -2.49. The zero-order valence-electron chi connectivity index (χ0n) is 17.4. The molecular weight excluding hydrogens is 378 g/mol. The van der Waals surface area contributed by atoms with E-state index < -0.39 is 0 Å². The van der Waals surface area contributed by atoms with Crippen molar-refractivity contribution in [2.24, 2.45) is 5.92 Å². The second-order valence-corrected chi connectivity index (χ2v) is 8.46. The minimum Gasteiger partial charge on any atom is -0.342 e. The quantitative estimate of drug-likeness (QED) is 0.792. The average molecular weight is 410 g/mol. The Balaban J connectivity index is 1.20. The van der Waals surface area contributed by atoms with Gasteiger partial charge in [0.1, 0.15) is 0 Å². The molecule has 2 aromatic rings. The molecule has 0 radical (unpaired) electrons. The van der Waals surface area contributed by atoms with E-state index in [0.29, 0.717) is 5.91 Å². The van der Waals surface area contributed by atoms with Crippen LogP contribution in [-0.2, 0) is 11.3 Å². The number of nitrogens with one attached hydrogen (secondary N) is 2. The van der Waals surface area contributed by atoms with E-state index in [-0.39, 0.29) is 18.0 Å². The molecule has 7 heteroatoms. The number of likely N-dealkylation sites (tertiary alicyclic amines) is 1. The zero-order chi connectivity index (χ0) is 20.8. The molecule has 1 aliphatic heterocycles. The van der Waals surface area contributed by atoms with Crippen LogP contribution in [0.2, 0.25) is 0 Å². The van der Waals surface area contributed by atoms with Crippen LogP contribution in [0.25, 0.3) is 0 Å². The molecule has 4 rings (SSSR count). The lowest BCUT2D eigenvalue weighted by Gasteiger charge is -2.35. The molecule has 0 atom stereocenters. The first-order chi connectivity index (χ1) is 14.7. The molecule has 3 amide bonds. The smallest absolute Gasteiger partial charge is 0.319 e. The van der Waals surface area contributed by atoms with E-state index in [1.807, 2.05) is 39.9 Å². The molecule has 1 saturated carbocycles. The number of anilines is 1. The van der Waals surface area contributed by atoms with Gasteiger partial charge < -0.3 is 20.1 Å². The minimum atomic E-state index is -0.186. The Morgan fingerprint density at radius 1 is 1.00 bits per heavy atom. The van der Waals surface area contributed by atoms with Gasteiger partial charge in [0.25, 0.3) is 0 Å². The first kappa shape index (κ1) is 20.4. The van der Waals surface area contributed by atoms with Gasteiger partial charge in [-0.2, -0.15) is 0 Å². The summed E-state index contributed by atoms with van der Waals surface area (Å²) < 4.78 is 2.00. The second kappa shape index (κ2) is 9.78. The molecule has 0 bridgehead atoms. The third-order valence-electron chi connectivity index (χ3n) is 6.23. The maximum Gasteiger partial charge on any atom is 0.319 e. The van der Waals surface area contributed by atoms with Crippen molar-refractivity contribution in [2.45, 2.75) is 57.5 Å². The van der Waals surface area contributed by atoms with Crippen molar-refractivity contribution in [1.82, 2.24) is 19.8 Å². The summed E-state index contributed by atoms with van der Waals surface area (Å²) >= 11 is 0. The van der Waals surface area contributed by atoms with Gasteiger partial charge in [0.2, 0.25) is 5.91 Å². The summed E-state index contributed by atoms with van der Waals surface area (Å²) in [6.07, 6.45) is 12.8. The number of carbonyl (C=O) groups is 2. The molecule has 160 valence electrons. The highest BCUT2D eigenvalue weighted by Crippen LogP contribution is 2.26. The number of aromatic nitrogens is 2. The van der Waals surface area contributed by atoms with Gasteiger partial charge in [-0.25, -0.2) is 9.78 Å². The number of benzene rings is 1. The number of hydrogen-bond acceptors (Lipinski definition) is 3. The molecule has 1 aromatic carbocycles. The Labute approximate surface area is 177 Å². The van der Waals surface area contributed by atoms with E-state index in [4.69, 9.17) is 0 Å². The second-order valence-electron chi connectivity index (χ2n) is 8.46. The molecule has 2 N–H and O–H groups in total. The normalized spacial score (nSPS) is 18.2. The van der Waals surface area contributed by atoms with E-state index in [1.165, 1.54) is 19.3 Å². The van der Waals surface area contributed by atoms with Crippen LogP contribution >= 0.6 is 0 Å². The van der Waals surface area contributed by atoms with Gasteiger partial charge in [0.05, 0.1) is 6.33 Å². The van der Waals surface area contributed by atoms with Gasteiger partial charge in [-0.3, -0.25) is 4.79 Å². The molecule has 2 aliphatic rings. The van der Waals surface area contributed by atoms with Crippen LogP contribution in [0.4, 0.5) is 10.5 Å². The van der Waals surface area contributed by atoms with E-state index in [9.17, 15) is 9.59 Å². The van der Waals surface area contributed by atoms with Crippen LogP contribution in [0.5, 0.6) is 0 Å². The Hall–Kier alpha value is -2.83. The van der Waals surface area contributed by atoms with Crippen molar-refractivity contribution >= 4 is 17.6 Å². The minimum absolute atomic E-state index is 0.112. The van der Waals surface area contributed by atoms with Gasteiger partial charge in [0, 0.05) is 49.7 Å². The highest BCUT2D eigenvalue weighted by molar-refractivity contribution is 5.89. The summed E-state index contributed by atoms with van der Waals surface area (Å²) in [7, 11) is 0. The van der Waals surface area contributed by atoms with E-state index >= 15 is 0 Å². The van der Waals surface area contributed by atoms with Crippen LogP contribution in [0.1, 0.15) is 50.5 Å². The fourth-order valence-corrected chi connectivity index (χ4v) is 4.49. The maximum atomic E-state index is 12.7. The number of rotatable bonds is 5.